The zero-order valence-electron chi connectivity index (χ0n) is 19.5. The van der Waals surface area contributed by atoms with Crippen LogP contribution in [0.4, 0.5) is 34.9 Å². The summed E-state index contributed by atoms with van der Waals surface area (Å²) in [5.41, 5.74) is 3.04. The predicted octanol–water partition coefficient (Wildman–Crippen LogP) is 4.58. The Morgan fingerprint density at radius 1 is 0.750 bits per heavy atom. The Labute approximate surface area is 206 Å². The molecule has 180 valence electrons. The van der Waals surface area contributed by atoms with E-state index >= 15 is 0 Å². The fourth-order valence-electron chi connectivity index (χ4n) is 3.39. The van der Waals surface area contributed by atoms with Crippen molar-refractivity contribution in [3.8, 4) is 0 Å². The van der Waals surface area contributed by atoms with Crippen molar-refractivity contribution in [3.63, 3.8) is 0 Å². The molecule has 0 aliphatic rings. The third kappa shape index (κ3) is 5.68. The lowest BCUT2D eigenvalue weighted by Crippen LogP contribution is -2.11. The Kier molecular flexibility index (Phi) is 7.25. The van der Waals surface area contributed by atoms with Crippen LogP contribution in [0.15, 0.2) is 72.8 Å². The molecule has 36 heavy (non-hydrogen) atoms. The van der Waals surface area contributed by atoms with Crippen molar-refractivity contribution < 1.29 is 19.1 Å². The van der Waals surface area contributed by atoms with Gasteiger partial charge in [0.2, 0.25) is 23.6 Å². The van der Waals surface area contributed by atoms with Crippen molar-refractivity contribution in [1.29, 1.82) is 0 Å². The summed E-state index contributed by atoms with van der Waals surface area (Å²) in [6.07, 6.45) is 0.245. The predicted molar refractivity (Wildman–Crippen MR) is 135 cm³/mol. The summed E-state index contributed by atoms with van der Waals surface area (Å²) in [5.74, 6) is -0.779. The number of aldehydes is 1. The monoisotopic (exact) mass is 482 g/mol. The van der Waals surface area contributed by atoms with Gasteiger partial charge in [0, 0.05) is 11.3 Å². The number of aryl methyl sites for hydroxylation is 1. The summed E-state index contributed by atoms with van der Waals surface area (Å²) >= 11 is 0. The first-order valence-electron chi connectivity index (χ1n) is 10.9. The van der Waals surface area contributed by atoms with Crippen molar-refractivity contribution in [1.82, 2.24) is 15.0 Å². The highest BCUT2D eigenvalue weighted by atomic mass is 16.5. The van der Waals surface area contributed by atoms with Crippen molar-refractivity contribution >= 4 is 52.9 Å². The van der Waals surface area contributed by atoms with E-state index in [-0.39, 0.29) is 29.7 Å². The maximum absolute atomic E-state index is 12.2. The normalized spacial score (nSPS) is 10.3. The van der Waals surface area contributed by atoms with E-state index < -0.39 is 11.8 Å². The van der Waals surface area contributed by atoms with Crippen LogP contribution in [0.2, 0.25) is 0 Å². The zero-order chi connectivity index (χ0) is 25.5. The lowest BCUT2D eigenvalue weighted by Gasteiger charge is -2.14. The quantitative estimate of drug-likeness (QED) is 0.135. The largest absolute Gasteiger partial charge is 0.465 e. The number of ketones is 1. The molecule has 0 unspecified atom stereocenters. The molecule has 0 saturated carbocycles. The molecule has 3 aromatic carbocycles. The third-order valence-electron chi connectivity index (χ3n) is 5.03. The second kappa shape index (κ2) is 10.9. The Morgan fingerprint density at radius 3 is 1.89 bits per heavy atom. The van der Waals surface area contributed by atoms with Gasteiger partial charge in [-0.1, -0.05) is 36.4 Å². The maximum Gasteiger partial charge on any atom is 0.339 e. The number of methoxy groups -OCH3 is 1. The van der Waals surface area contributed by atoms with Crippen molar-refractivity contribution in [2.24, 2.45) is 0 Å². The fourth-order valence-corrected chi connectivity index (χ4v) is 3.39. The Hall–Kier alpha value is -5.12. The summed E-state index contributed by atoms with van der Waals surface area (Å²) in [6, 6.07) is 20.9. The molecule has 0 spiro atoms. The van der Waals surface area contributed by atoms with Gasteiger partial charge in [0.15, 0.2) is 6.29 Å². The highest BCUT2D eigenvalue weighted by Crippen LogP contribution is 2.25. The number of esters is 1. The summed E-state index contributed by atoms with van der Waals surface area (Å²) in [5, 5.41) is 9.16. The zero-order valence-corrected chi connectivity index (χ0v) is 19.5. The SMILES string of the molecule is COC(=O)c1ccccc1Nc1nc(Nc2cccc(C)c2)nc(Nc2ccccc2C(=O)C=O)n1. The molecule has 0 fully saturated rings. The van der Waals surface area contributed by atoms with Gasteiger partial charge in [-0.3, -0.25) is 9.59 Å². The molecule has 0 saturated heterocycles. The molecule has 3 N–H and O–H groups in total. The molecule has 10 heteroatoms. The second-order valence-corrected chi connectivity index (χ2v) is 7.62. The number of hydrogen-bond donors (Lipinski definition) is 3. The third-order valence-corrected chi connectivity index (χ3v) is 5.03. The van der Waals surface area contributed by atoms with Crippen LogP contribution in [0.25, 0.3) is 0 Å². The van der Waals surface area contributed by atoms with Crippen LogP contribution in [-0.2, 0) is 9.53 Å². The van der Waals surface area contributed by atoms with E-state index in [1.54, 1.807) is 42.5 Å². The molecular formula is C26H22N6O4. The molecular weight excluding hydrogens is 460 g/mol. The number of carbonyl (C=O) groups is 3. The van der Waals surface area contributed by atoms with Crippen LogP contribution in [0.1, 0.15) is 26.3 Å². The lowest BCUT2D eigenvalue weighted by molar-refractivity contribution is -0.104. The minimum absolute atomic E-state index is 0.101. The summed E-state index contributed by atoms with van der Waals surface area (Å²) in [7, 11) is 1.30. The first-order valence-corrected chi connectivity index (χ1v) is 10.9. The van der Waals surface area contributed by atoms with Crippen LogP contribution in [0, 0.1) is 6.92 Å². The van der Waals surface area contributed by atoms with Gasteiger partial charge in [-0.15, -0.1) is 0 Å². The van der Waals surface area contributed by atoms with Gasteiger partial charge in [-0.2, -0.15) is 15.0 Å². The second-order valence-electron chi connectivity index (χ2n) is 7.62. The molecule has 1 heterocycles. The molecule has 4 rings (SSSR count). The van der Waals surface area contributed by atoms with Gasteiger partial charge in [-0.05, 0) is 48.9 Å². The van der Waals surface area contributed by atoms with E-state index in [9.17, 15) is 14.4 Å². The molecule has 0 amide bonds. The number of hydrogen-bond acceptors (Lipinski definition) is 10. The number of nitrogens with one attached hydrogen (secondary N) is 3. The van der Waals surface area contributed by atoms with Crippen LogP contribution in [0.5, 0.6) is 0 Å². The molecule has 10 nitrogen and oxygen atoms in total. The number of nitrogens with zero attached hydrogens (tertiary/aromatic N) is 3. The number of ether oxygens (including phenoxy) is 1. The smallest absolute Gasteiger partial charge is 0.339 e. The van der Waals surface area contributed by atoms with Gasteiger partial charge in [-0.25, -0.2) is 4.79 Å². The van der Waals surface area contributed by atoms with Crippen LogP contribution >= 0.6 is 0 Å². The number of Topliss-reactive ketones (excluding diaryl/α,β-unsaturated/α-hetero) is 1. The average molecular weight is 483 g/mol. The van der Waals surface area contributed by atoms with E-state index in [1.165, 1.54) is 13.2 Å². The topological polar surface area (TPSA) is 135 Å². The Balaban J connectivity index is 1.74. The highest BCUT2D eigenvalue weighted by Gasteiger charge is 2.16. The first kappa shape index (κ1) is 24.0. The number of rotatable bonds is 9. The number of para-hydroxylation sites is 2. The van der Waals surface area contributed by atoms with E-state index in [2.05, 4.69) is 30.9 Å². The number of anilines is 6. The van der Waals surface area contributed by atoms with E-state index in [4.69, 9.17) is 4.74 Å². The number of carbonyl (C=O) groups excluding carboxylic acids is 3. The number of benzene rings is 3. The molecule has 0 aliphatic heterocycles. The van der Waals surface area contributed by atoms with Crippen molar-refractivity contribution in [3.05, 3.63) is 89.5 Å². The van der Waals surface area contributed by atoms with Gasteiger partial charge in [0.25, 0.3) is 0 Å². The summed E-state index contributed by atoms with van der Waals surface area (Å²) in [6.45, 7) is 1.96. The van der Waals surface area contributed by atoms with Crippen molar-refractivity contribution in [2.75, 3.05) is 23.1 Å². The van der Waals surface area contributed by atoms with Crippen LogP contribution < -0.4 is 16.0 Å². The van der Waals surface area contributed by atoms with Crippen LogP contribution in [0.3, 0.4) is 0 Å². The molecule has 0 aliphatic carbocycles. The van der Waals surface area contributed by atoms with Gasteiger partial charge < -0.3 is 20.7 Å². The van der Waals surface area contributed by atoms with Crippen molar-refractivity contribution in [2.45, 2.75) is 6.92 Å². The lowest BCUT2D eigenvalue weighted by atomic mass is 10.1. The molecule has 0 atom stereocenters. The average Bonchev–Trinajstić information content (AvgIpc) is 2.88. The van der Waals surface area contributed by atoms with E-state index in [0.717, 1.165) is 11.3 Å². The minimum atomic E-state index is -0.685. The minimum Gasteiger partial charge on any atom is -0.465 e. The molecule has 0 radical (unpaired) electrons. The molecule has 0 bridgehead atoms. The highest BCUT2D eigenvalue weighted by molar-refractivity contribution is 6.34. The van der Waals surface area contributed by atoms with Gasteiger partial charge in [0.1, 0.15) is 0 Å². The summed E-state index contributed by atoms with van der Waals surface area (Å²) in [4.78, 5) is 48.6. The fraction of sp³-hybridized carbons (Fsp3) is 0.0769. The summed E-state index contributed by atoms with van der Waals surface area (Å²) < 4.78 is 4.86. The van der Waals surface area contributed by atoms with Crippen LogP contribution in [-0.4, -0.2) is 40.1 Å². The van der Waals surface area contributed by atoms with E-state index in [0.29, 0.717) is 16.9 Å². The van der Waals surface area contributed by atoms with Gasteiger partial charge in [0.05, 0.1) is 24.0 Å². The Morgan fingerprint density at radius 2 is 1.31 bits per heavy atom. The Bertz CT molecular complexity index is 1440. The molecule has 1 aromatic heterocycles. The van der Waals surface area contributed by atoms with E-state index in [1.807, 2.05) is 31.2 Å². The molecule has 4 aromatic rings. The van der Waals surface area contributed by atoms with Gasteiger partial charge >= 0.3 is 5.97 Å². The standard InChI is InChI=1S/C26H22N6O4/c1-16-8-7-9-17(14-16)27-24-30-25(28-20-12-5-3-10-18(20)22(34)15-33)32-26(31-24)29-21-13-6-4-11-19(21)23(35)36-2/h3-15H,1-2H3,(H3,27,28,29,30,31,32). The first-order chi connectivity index (χ1) is 17.5. The number of aromatic nitrogens is 3. The maximum atomic E-state index is 12.2.